The van der Waals surface area contributed by atoms with Crippen molar-refractivity contribution in [3.63, 3.8) is 0 Å². The molecule has 3 rings (SSSR count). The average Bonchev–Trinajstić information content (AvgIpc) is 3.04. The van der Waals surface area contributed by atoms with Crippen molar-refractivity contribution in [2.75, 3.05) is 0 Å². The molecule has 2 heterocycles. The smallest absolute Gasteiger partial charge is 0.268 e. The molecule has 0 aliphatic rings. The Morgan fingerprint density at radius 1 is 1.18 bits per heavy atom. The lowest BCUT2D eigenvalue weighted by atomic mass is 10.1. The molecule has 4 heteroatoms. The summed E-state index contributed by atoms with van der Waals surface area (Å²) in [6.45, 7) is 7.91. The summed E-state index contributed by atoms with van der Waals surface area (Å²) in [7, 11) is 0. The largest absolute Gasteiger partial charge is 0.464 e. The summed E-state index contributed by atoms with van der Waals surface area (Å²) in [6, 6.07) is 9.69. The second kappa shape index (κ2) is 5.37. The predicted octanol–water partition coefficient (Wildman–Crippen LogP) is 4.18. The zero-order valence-corrected chi connectivity index (χ0v) is 13.3. The number of fused-ring (bicyclic) bond motifs is 1. The van der Waals surface area contributed by atoms with Crippen molar-refractivity contribution in [3.8, 4) is 0 Å². The number of aryl methyl sites for hydroxylation is 3. The second-order valence-electron chi connectivity index (χ2n) is 5.87. The first-order valence-electron chi connectivity index (χ1n) is 7.41. The van der Waals surface area contributed by atoms with Crippen LogP contribution in [-0.2, 0) is 0 Å². The molecule has 4 nitrogen and oxygen atoms in total. The van der Waals surface area contributed by atoms with E-state index in [-0.39, 0.29) is 11.9 Å². The molecular formula is C18H20N2O2. The number of nitrogens with one attached hydrogen (secondary N) is 2. The quantitative estimate of drug-likeness (QED) is 0.762. The Hall–Kier alpha value is -2.49. The number of aromatic nitrogens is 1. The molecule has 1 atom stereocenters. The Bertz CT molecular complexity index is 842. The maximum absolute atomic E-state index is 12.4. The molecule has 3 aromatic rings. The van der Waals surface area contributed by atoms with E-state index >= 15 is 0 Å². The summed E-state index contributed by atoms with van der Waals surface area (Å²) < 4.78 is 5.55. The molecule has 1 amide bonds. The summed E-state index contributed by atoms with van der Waals surface area (Å²) in [5, 5.41) is 4.04. The van der Waals surface area contributed by atoms with Gasteiger partial charge in [0.15, 0.2) is 0 Å². The second-order valence-corrected chi connectivity index (χ2v) is 5.87. The molecule has 0 aliphatic heterocycles. The van der Waals surface area contributed by atoms with Gasteiger partial charge in [0.1, 0.15) is 17.2 Å². The Balaban J connectivity index is 1.84. The molecule has 0 saturated carbocycles. The third-order valence-electron chi connectivity index (χ3n) is 3.87. The fourth-order valence-electron chi connectivity index (χ4n) is 2.75. The predicted molar refractivity (Wildman–Crippen MR) is 87.1 cm³/mol. The molecule has 0 bridgehead atoms. The van der Waals surface area contributed by atoms with Crippen molar-refractivity contribution in [1.29, 1.82) is 0 Å². The lowest BCUT2D eigenvalue weighted by Gasteiger charge is -2.10. The van der Waals surface area contributed by atoms with Gasteiger partial charge in [-0.1, -0.05) is 6.07 Å². The minimum Gasteiger partial charge on any atom is -0.464 e. The highest BCUT2D eigenvalue weighted by Crippen LogP contribution is 2.22. The standard InChI is InChI=1S/C18H20N2O2/c1-10-7-11(2)14-9-16(20-15(14)8-10)18(21)19-13(4)17-6-5-12(3)22-17/h5-9,13,20H,1-4H3,(H,19,21). The van der Waals surface area contributed by atoms with Gasteiger partial charge in [-0.3, -0.25) is 4.79 Å². The summed E-state index contributed by atoms with van der Waals surface area (Å²) >= 11 is 0. The van der Waals surface area contributed by atoms with Crippen LogP contribution in [0, 0.1) is 20.8 Å². The van der Waals surface area contributed by atoms with E-state index in [1.54, 1.807) is 0 Å². The monoisotopic (exact) mass is 296 g/mol. The SMILES string of the molecule is Cc1cc(C)c2cc(C(=O)NC(C)c3ccc(C)o3)[nH]c2c1. The molecule has 2 aromatic heterocycles. The van der Waals surface area contributed by atoms with Crippen molar-refractivity contribution in [2.24, 2.45) is 0 Å². The Morgan fingerprint density at radius 3 is 2.64 bits per heavy atom. The van der Waals surface area contributed by atoms with E-state index < -0.39 is 0 Å². The van der Waals surface area contributed by atoms with Crippen molar-refractivity contribution in [3.05, 3.63) is 58.7 Å². The first-order chi connectivity index (χ1) is 10.4. The van der Waals surface area contributed by atoms with Crippen LogP contribution >= 0.6 is 0 Å². The highest BCUT2D eigenvalue weighted by molar-refractivity contribution is 5.99. The van der Waals surface area contributed by atoms with Gasteiger partial charge >= 0.3 is 0 Å². The summed E-state index contributed by atoms with van der Waals surface area (Å²) in [4.78, 5) is 15.6. The molecule has 114 valence electrons. The molecular weight excluding hydrogens is 276 g/mol. The minimum atomic E-state index is -0.171. The van der Waals surface area contributed by atoms with Crippen LogP contribution in [0.3, 0.4) is 0 Å². The van der Waals surface area contributed by atoms with Crippen LogP contribution in [0.5, 0.6) is 0 Å². The average molecular weight is 296 g/mol. The van der Waals surface area contributed by atoms with Crippen LogP contribution in [0.25, 0.3) is 10.9 Å². The highest BCUT2D eigenvalue weighted by Gasteiger charge is 2.16. The molecule has 0 radical (unpaired) electrons. The number of carbonyl (C=O) groups is 1. The zero-order valence-electron chi connectivity index (χ0n) is 13.3. The van der Waals surface area contributed by atoms with Gasteiger partial charge in [-0.25, -0.2) is 0 Å². The number of amides is 1. The van der Waals surface area contributed by atoms with E-state index in [9.17, 15) is 4.79 Å². The van der Waals surface area contributed by atoms with E-state index in [2.05, 4.69) is 29.4 Å². The maximum atomic E-state index is 12.4. The normalized spacial score (nSPS) is 12.5. The van der Waals surface area contributed by atoms with Gasteiger partial charge in [-0.05, 0) is 63.1 Å². The van der Waals surface area contributed by atoms with Gasteiger partial charge in [0.25, 0.3) is 5.91 Å². The van der Waals surface area contributed by atoms with Crippen molar-refractivity contribution < 1.29 is 9.21 Å². The van der Waals surface area contributed by atoms with Gasteiger partial charge < -0.3 is 14.7 Å². The number of rotatable bonds is 3. The van der Waals surface area contributed by atoms with E-state index in [1.165, 1.54) is 11.1 Å². The van der Waals surface area contributed by atoms with E-state index in [1.807, 2.05) is 39.0 Å². The third kappa shape index (κ3) is 2.64. The van der Waals surface area contributed by atoms with Crippen LogP contribution in [0.15, 0.2) is 34.7 Å². The van der Waals surface area contributed by atoms with Crippen LogP contribution in [-0.4, -0.2) is 10.9 Å². The molecule has 0 spiro atoms. The minimum absolute atomic E-state index is 0.130. The van der Waals surface area contributed by atoms with Gasteiger partial charge in [-0.15, -0.1) is 0 Å². The van der Waals surface area contributed by atoms with Crippen LogP contribution in [0.1, 0.15) is 46.1 Å². The van der Waals surface area contributed by atoms with Crippen molar-refractivity contribution in [2.45, 2.75) is 33.7 Å². The van der Waals surface area contributed by atoms with Gasteiger partial charge in [0.2, 0.25) is 0 Å². The third-order valence-corrected chi connectivity index (χ3v) is 3.87. The summed E-state index contributed by atoms with van der Waals surface area (Å²) in [6.07, 6.45) is 0. The molecule has 0 aliphatic carbocycles. The summed E-state index contributed by atoms with van der Waals surface area (Å²) in [5.74, 6) is 1.47. The number of carbonyl (C=O) groups excluding carboxylic acids is 1. The maximum Gasteiger partial charge on any atom is 0.268 e. The number of aromatic amines is 1. The number of H-pyrrole nitrogens is 1. The number of furan rings is 1. The summed E-state index contributed by atoms with van der Waals surface area (Å²) in [5.41, 5.74) is 3.90. The molecule has 1 unspecified atom stereocenters. The molecule has 2 N–H and O–H groups in total. The molecule has 22 heavy (non-hydrogen) atoms. The van der Waals surface area contributed by atoms with E-state index in [0.717, 1.165) is 22.4 Å². The number of hydrogen-bond donors (Lipinski definition) is 2. The Kier molecular flexibility index (Phi) is 3.53. The van der Waals surface area contributed by atoms with Gasteiger partial charge in [0.05, 0.1) is 6.04 Å². The van der Waals surface area contributed by atoms with E-state index in [0.29, 0.717) is 5.69 Å². The van der Waals surface area contributed by atoms with Gasteiger partial charge in [0, 0.05) is 10.9 Å². The van der Waals surface area contributed by atoms with Gasteiger partial charge in [-0.2, -0.15) is 0 Å². The number of hydrogen-bond acceptors (Lipinski definition) is 2. The topological polar surface area (TPSA) is 58.0 Å². The first kappa shape index (κ1) is 14.4. The molecule has 0 saturated heterocycles. The van der Waals surface area contributed by atoms with Crippen molar-refractivity contribution in [1.82, 2.24) is 10.3 Å². The van der Waals surface area contributed by atoms with Crippen LogP contribution < -0.4 is 5.32 Å². The van der Waals surface area contributed by atoms with Crippen LogP contribution in [0.4, 0.5) is 0 Å². The fraction of sp³-hybridized carbons (Fsp3) is 0.278. The fourth-order valence-corrected chi connectivity index (χ4v) is 2.75. The highest BCUT2D eigenvalue weighted by atomic mass is 16.3. The molecule has 0 fully saturated rings. The van der Waals surface area contributed by atoms with E-state index in [4.69, 9.17) is 4.42 Å². The molecule has 1 aromatic carbocycles. The van der Waals surface area contributed by atoms with Crippen LogP contribution in [0.2, 0.25) is 0 Å². The first-order valence-corrected chi connectivity index (χ1v) is 7.41. The Morgan fingerprint density at radius 2 is 1.95 bits per heavy atom. The zero-order chi connectivity index (χ0) is 15.9. The number of benzene rings is 1. The lowest BCUT2D eigenvalue weighted by molar-refractivity contribution is 0.0931. The Labute approximate surface area is 129 Å². The van der Waals surface area contributed by atoms with Crippen molar-refractivity contribution >= 4 is 16.8 Å². The lowest BCUT2D eigenvalue weighted by Crippen LogP contribution is -2.26.